The van der Waals surface area contributed by atoms with E-state index in [-0.39, 0.29) is 5.91 Å². The predicted molar refractivity (Wildman–Crippen MR) is 84.0 cm³/mol. The molecule has 1 aromatic rings. The van der Waals surface area contributed by atoms with Gasteiger partial charge in [-0.1, -0.05) is 6.92 Å². The maximum Gasteiger partial charge on any atom is 0.242 e. The predicted octanol–water partition coefficient (Wildman–Crippen LogP) is 2.56. The van der Waals surface area contributed by atoms with Gasteiger partial charge >= 0.3 is 0 Å². The van der Waals surface area contributed by atoms with Gasteiger partial charge < -0.3 is 14.8 Å². The number of amides is 1. The summed E-state index contributed by atoms with van der Waals surface area (Å²) in [6, 6.07) is 2.66. The molecule has 1 aliphatic heterocycles. The smallest absolute Gasteiger partial charge is 0.242 e. The molecule has 4 heteroatoms. The molecule has 1 aromatic heterocycles. The second kappa shape index (κ2) is 6.65. The van der Waals surface area contributed by atoms with Crippen molar-refractivity contribution in [3.63, 3.8) is 0 Å². The maximum atomic E-state index is 12.2. The van der Waals surface area contributed by atoms with E-state index in [0.29, 0.717) is 12.6 Å². The van der Waals surface area contributed by atoms with Gasteiger partial charge in [0, 0.05) is 31.5 Å². The highest BCUT2D eigenvalue weighted by Gasteiger charge is 2.32. The van der Waals surface area contributed by atoms with Gasteiger partial charge in [0.05, 0.1) is 0 Å². The Morgan fingerprint density at radius 1 is 1.38 bits per heavy atom. The van der Waals surface area contributed by atoms with E-state index in [1.54, 1.807) is 0 Å². The highest BCUT2D eigenvalue weighted by atomic mass is 16.2. The van der Waals surface area contributed by atoms with Gasteiger partial charge in [-0.15, -0.1) is 0 Å². The van der Waals surface area contributed by atoms with Crippen LogP contribution < -0.4 is 5.32 Å². The normalized spacial score (nSPS) is 20.0. The molecule has 1 saturated heterocycles. The zero-order valence-electron chi connectivity index (χ0n) is 13.1. The van der Waals surface area contributed by atoms with E-state index >= 15 is 0 Å². The molecule has 116 valence electrons. The Kier molecular flexibility index (Phi) is 4.63. The number of nitrogens with one attached hydrogen (secondary N) is 1. The highest BCUT2D eigenvalue weighted by molar-refractivity contribution is 5.76. The lowest BCUT2D eigenvalue weighted by atomic mass is 10.1. The minimum Gasteiger partial charge on any atom is -0.345 e. The minimum absolute atomic E-state index is 0.263. The Balaban J connectivity index is 1.60. The highest BCUT2D eigenvalue weighted by Crippen LogP contribution is 2.41. The first-order chi connectivity index (χ1) is 10.3. The number of aromatic nitrogens is 1. The summed E-state index contributed by atoms with van der Waals surface area (Å²) in [5.74, 6) is 1.06. The number of likely N-dealkylation sites (tertiary alicyclic amines) is 1. The van der Waals surface area contributed by atoms with Crippen LogP contribution in [-0.4, -0.2) is 35.0 Å². The Bertz CT molecular complexity index is 472. The van der Waals surface area contributed by atoms with Crippen LogP contribution >= 0.6 is 0 Å². The van der Waals surface area contributed by atoms with E-state index in [9.17, 15) is 4.79 Å². The average molecular weight is 289 g/mol. The second-order valence-corrected chi connectivity index (χ2v) is 6.47. The van der Waals surface area contributed by atoms with Gasteiger partial charge in [0.1, 0.15) is 6.54 Å². The van der Waals surface area contributed by atoms with E-state index < -0.39 is 0 Å². The minimum atomic E-state index is 0.263. The van der Waals surface area contributed by atoms with Crippen LogP contribution in [0.2, 0.25) is 0 Å². The SMILES string of the molecule is CCCNC(c1ccn(CC(=O)N2CCCC2)c1)C1CC1. The van der Waals surface area contributed by atoms with E-state index in [4.69, 9.17) is 0 Å². The number of rotatable bonds is 7. The number of hydrogen-bond acceptors (Lipinski definition) is 2. The molecule has 3 rings (SSSR count). The Hall–Kier alpha value is -1.29. The van der Waals surface area contributed by atoms with E-state index in [1.165, 1.54) is 18.4 Å². The van der Waals surface area contributed by atoms with Gasteiger partial charge in [-0.3, -0.25) is 4.79 Å². The molecular weight excluding hydrogens is 262 g/mol. The summed E-state index contributed by atoms with van der Waals surface area (Å²) < 4.78 is 2.05. The van der Waals surface area contributed by atoms with Crippen LogP contribution in [-0.2, 0) is 11.3 Å². The van der Waals surface area contributed by atoms with Crippen molar-refractivity contribution >= 4 is 5.91 Å². The Morgan fingerprint density at radius 3 is 2.81 bits per heavy atom. The van der Waals surface area contributed by atoms with Crippen molar-refractivity contribution in [1.29, 1.82) is 0 Å². The van der Waals surface area contributed by atoms with Crippen LogP contribution in [0, 0.1) is 5.92 Å². The van der Waals surface area contributed by atoms with Crippen LogP contribution in [0.5, 0.6) is 0 Å². The van der Waals surface area contributed by atoms with Gasteiger partial charge in [-0.25, -0.2) is 0 Å². The van der Waals surface area contributed by atoms with Crippen molar-refractivity contribution < 1.29 is 4.79 Å². The Labute approximate surface area is 127 Å². The van der Waals surface area contributed by atoms with Crippen molar-refractivity contribution in [3.8, 4) is 0 Å². The van der Waals surface area contributed by atoms with Crippen molar-refractivity contribution in [2.24, 2.45) is 5.92 Å². The molecule has 21 heavy (non-hydrogen) atoms. The molecule has 1 amide bonds. The molecule has 4 nitrogen and oxygen atoms in total. The quantitative estimate of drug-likeness (QED) is 0.837. The van der Waals surface area contributed by atoms with Crippen molar-refractivity contribution in [2.45, 2.75) is 51.6 Å². The van der Waals surface area contributed by atoms with Crippen LogP contribution in [0.4, 0.5) is 0 Å². The lowest BCUT2D eigenvalue weighted by molar-refractivity contribution is -0.130. The fraction of sp³-hybridized carbons (Fsp3) is 0.706. The molecular formula is C17H27N3O. The van der Waals surface area contributed by atoms with Gasteiger partial charge in [0.15, 0.2) is 0 Å². The van der Waals surface area contributed by atoms with Crippen molar-refractivity contribution in [2.75, 3.05) is 19.6 Å². The fourth-order valence-corrected chi connectivity index (χ4v) is 3.25. The molecule has 0 aromatic carbocycles. The number of carbonyl (C=O) groups is 1. The molecule has 0 radical (unpaired) electrons. The lowest BCUT2D eigenvalue weighted by Crippen LogP contribution is -2.30. The van der Waals surface area contributed by atoms with Gasteiger partial charge in [-0.2, -0.15) is 0 Å². The van der Waals surface area contributed by atoms with Crippen LogP contribution in [0.3, 0.4) is 0 Å². The molecule has 1 N–H and O–H groups in total. The summed E-state index contributed by atoms with van der Waals surface area (Å²) >= 11 is 0. The van der Waals surface area contributed by atoms with Crippen molar-refractivity contribution in [3.05, 3.63) is 24.0 Å². The third-order valence-corrected chi connectivity index (χ3v) is 4.62. The molecule has 0 spiro atoms. The monoisotopic (exact) mass is 289 g/mol. The van der Waals surface area contributed by atoms with Gasteiger partial charge in [0.25, 0.3) is 0 Å². The molecule has 1 atom stereocenters. The summed E-state index contributed by atoms with van der Waals surface area (Å²) in [6.07, 6.45) is 10.4. The number of hydrogen-bond donors (Lipinski definition) is 1. The average Bonchev–Trinajstić information content (AvgIpc) is 2.99. The van der Waals surface area contributed by atoms with Crippen LogP contribution in [0.25, 0.3) is 0 Å². The van der Waals surface area contributed by atoms with Gasteiger partial charge in [-0.05, 0) is 56.2 Å². The molecule has 1 saturated carbocycles. The second-order valence-electron chi connectivity index (χ2n) is 6.47. The lowest BCUT2D eigenvalue weighted by Gasteiger charge is -2.17. The summed E-state index contributed by atoms with van der Waals surface area (Å²) in [6.45, 7) is 5.65. The fourth-order valence-electron chi connectivity index (χ4n) is 3.25. The topological polar surface area (TPSA) is 37.3 Å². The third kappa shape index (κ3) is 3.67. The molecule has 2 fully saturated rings. The first-order valence-electron chi connectivity index (χ1n) is 8.44. The van der Waals surface area contributed by atoms with Crippen LogP contribution in [0.15, 0.2) is 18.5 Å². The standard InChI is InChI=1S/C17H27N3O/c1-2-8-18-17(14-5-6-14)15-7-11-19(12-15)13-16(21)20-9-3-4-10-20/h7,11-12,14,17-18H,2-6,8-10,13H2,1H3. The molecule has 1 aliphatic carbocycles. The van der Waals surface area contributed by atoms with E-state index in [1.807, 2.05) is 4.90 Å². The zero-order chi connectivity index (χ0) is 14.7. The third-order valence-electron chi connectivity index (χ3n) is 4.62. The zero-order valence-corrected chi connectivity index (χ0v) is 13.1. The van der Waals surface area contributed by atoms with E-state index in [2.05, 4.69) is 35.3 Å². The van der Waals surface area contributed by atoms with Crippen molar-refractivity contribution in [1.82, 2.24) is 14.8 Å². The molecule has 1 unspecified atom stereocenters. The van der Waals surface area contributed by atoms with Gasteiger partial charge in [0.2, 0.25) is 5.91 Å². The maximum absolute atomic E-state index is 12.2. The first kappa shape index (κ1) is 14.6. The van der Waals surface area contributed by atoms with Crippen LogP contribution in [0.1, 0.15) is 50.6 Å². The van der Waals surface area contributed by atoms with E-state index in [0.717, 1.165) is 44.8 Å². The largest absolute Gasteiger partial charge is 0.345 e. The Morgan fingerprint density at radius 2 is 2.14 bits per heavy atom. The summed E-state index contributed by atoms with van der Waals surface area (Å²) in [4.78, 5) is 14.2. The summed E-state index contributed by atoms with van der Waals surface area (Å²) in [7, 11) is 0. The first-order valence-corrected chi connectivity index (χ1v) is 8.44. The summed E-state index contributed by atoms with van der Waals surface area (Å²) in [5.41, 5.74) is 1.35. The number of carbonyl (C=O) groups excluding carboxylic acids is 1. The summed E-state index contributed by atoms with van der Waals surface area (Å²) in [5, 5.41) is 3.66. The molecule has 2 aliphatic rings. The molecule has 2 heterocycles. The molecule has 0 bridgehead atoms. The number of nitrogens with zero attached hydrogens (tertiary/aromatic N) is 2.